The molecule has 0 amide bonds. The summed E-state index contributed by atoms with van der Waals surface area (Å²) in [7, 11) is 1.92. The number of aromatic nitrogens is 3. The second kappa shape index (κ2) is 4.49. The second-order valence-electron chi connectivity index (χ2n) is 2.22. The molecule has 0 aliphatic rings. The summed E-state index contributed by atoms with van der Waals surface area (Å²) in [5.41, 5.74) is 1.00. The Balaban J connectivity index is 2.44. The van der Waals surface area contributed by atoms with E-state index in [9.17, 15) is 0 Å². The summed E-state index contributed by atoms with van der Waals surface area (Å²) in [5.74, 6) is 0. The number of hydrogen-bond donors (Lipinski definition) is 1. The molecule has 1 radical (unpaired) electrons. The van der Waals surface area contributed by atoms with Gasteiger partial charge in [0, 0.05) is 0 Å². The van der Waals surface area contributed by atoms with E-state index in [2.05, 4.69) is 31.6 Å². The van der Waals surface area contributed by atoms with Crippen LogP contribution in [-0.2, 0) is 11.9 Å². The van der Waals surface area contributed by atoms with Crippen molar-refractivity contribution in [1.82, 2.24) is 20.3 Å². The van der Waals surface area contributed by atoms with Crippen LogP contribution < -0.4 is 5.32 Å². The van der Waals surface area contributed by atoms with E-state index in [-0.39, 0.29) is 0 Å². The molecule has 61 valence electrons. The van der Waals surface area contributed by atoms with Gasteiger partial charge in [-0.15, -0.1) is 0 Å². The van der Waals surface area contributed by atoms with Gasteiger partial charge in [-0.1, -0.05) is 0 Å². The molecule has 1 aromatic heterocycles. The third-order valence-corrected chi connectivity index (χ3v) is 1.95. The van der Waals surface area contributed by atoms with Gasteiger partial charge >= 0.3 is 73.7 Å². The molecule has 0 fully saturated rings. The summed E-state index contributed by atoms with van der Waals surface area (Å²) >= 11 is 2.90. The van der Waals surface area contributed by atoms with Crippen molar-refractivity contribution in [2.24, 2.45) is 0 Å². The summed E-state index contributed by atoms with van der Waals surface area (Å²) in [5, 5.41) is 11.8. The first kappa shape index (κ1) is 8.71. The van der Waals surface area contributed by atoms with Gasteiger partial charge < -0.3 is 0 Å². The predicted octanol–water partition coefficient (Wildman–Crippen LogP) is -0.834. The first-order valence-corrected chi connectivity index (χ1v) is 4.69. The van der Waals surface area contributed by atoms with Gasteiger partial charge in [0.1, 0.15) is 0 Å². The van der Waals surface area contributed by atoms with Crippen LogP contribution in [0.4, 0.5) is 0 Å². The van der Waals surface area contributed by atoms with Crippen molar-refractivity contribution in [2.45, 2.75) is 11.9 Å². The molecule has 0 saturated carbocycles. The number of nitrogens with zero attached hydrogens (tertiary/aromatic N) is 3. The third kappa shape index (κ3) is 2.61. The van der Waals surface area contributed by atoms with Crippen LogP contribution in [0.3, 0.4) is 0 Å². The third-order valence-electron chi connectivity index (χ3n) is 1.32. The standard InChI is InChI=1S/C6H11N4Se/c1-7-2-3-10-4-6(5-11)8-9-10/h4,7H,2-3,5H2,1H3. The molecule has 4 nitrogen and oxygen atoms in total. The van der Waals surface area contributed by atoms with E-state index in [1.807, 2.05) is 17.9 Å². The number of hydrogen-bond acceptors (Lipinski definition) is 3. The van der Waals surface area contributed by atoms with Gasteiger partial charge in [0.2, 0.25) is 0 Å². The Hall–Kier alpha value is -0.381. The first-order chi connectivity index (χ1) is 5.36. The van der Waals surface area contributed by atoms with E-state index in [1.165, 1.54) is 0 Å². The SMILES string of the molecule is CNCCn1cc(C[Se])nn1. The predicted molar refractivity (Wildman–Crippen MR) is 43.4 cm³/mol. The van der Waals surface area contributed by atoms with Gasteiger partial charge in [0.05, 0.1) is 0 Å². The summed E-state index contributed by atoms with van der Waals surface area (Å²) in [6, 6.07) is 0. The fourth-order valence-electron chi connectivity index (χ4n) is 0.740. The van der Waals surface area contributed by atoms with Crippen LogP contribution in [0, 0.1) is 0 Å². The van der Waals surface area contributed by atoms with E-state index in [4.69, 9.17) is 0 Å². The van der Waals surface area contributed by atoms with Crippen molar-refractivity contribution in [1.29, 1.82) is 0 Å². The normalized spacial score (nSPS) is 10.4. The van der Waals surface area contributed by atoms with Gasteiger partial charge in [-0.25, -0.2) is 0 Å². The van der Waals surface area contributed by atoms with E-state index < -0.39 is 0 Å². The topological polar surface area (TPSA) is 42.7 Å². The maximum absolute atomic E-state index is 3.94. The molecule has 0 aliphatic carbocycles. The zero-order valence-electron chi connectivity index (χ0n) is 6.45. The van der Waals surface area contributed by atoms with Gasteiger partial charge in [-0.05, 0) is 0 Å². The first-order valence-electron chi connectivity index (χ1n) is 3.48. The summed E-state index contributed by atoms with van der Waals surface area (Å²) in [6.07, 6.45) is 1.95. The summed E-state index contributed by atoms with van der Waals surface area (Å²) < 4.78 is 1.84. The molecule has 5 heteroatoms. The fourth-order valence-corrected chi connectivity index (χ4v) is 1.02. The van der Waals surface area contributed by atoms with E-state index >= 15 is 0 Å². The van der Waals surface area contributed by atoms with E-state index in [0.29, 0.717) is 0 Å². The van der Waals surface area contributed by atoms with Crippen molar-refractivity contribution >= 4 is 16.0 Å². The molecule has 1 heterocycles. The molecular formula is C6H11N4Se. The molecule has 0 unspecified atom stereocenters. The Bertz CT molecular complexity index is 210. The van der Waals surface area contributed by atoms with Crippen LogP contribution >= 0.6 is 0 Å². The molecule has 0 bridgehead atoms. The molecule has 0 saturated heterocycles. The Morgan fingerprint density at radius 2 is 2.55 bits per heavy atom. The average Bonchev–Trinajstić information content (AvgIpc) is 2.48. The Kier molecular flexibility index (Phi) is 3.55. The van der Waals surface area contributed by atoms with Gasteiger partial charge in [-0.2, -0.15) is 0 Å². The van der Waals surface area contributed by atoms with Gasteiger partial charge in [-0.3, -0.25) is 0 Å². The van der Waals surface area contributed by atoms with Crippen LogP contribution in [0.15, 0.2) is 6.20 Å². The van der Waals surface area contributed by atoms with Crippen molar-refractivity contribution in [2.75, 3.05) is 13.6 Å². The number of likely N-dealkylation sites (N-methyl/N-ethyl adjacent to an activating group) is 1. The molecule has 11 heavy (non-hydrogen) atoms. The van der Waals surface area contributed by atoms with Crippen molar-refractivity contribution in [3.8, 4) is 0 Å². The summed E-state index contributed by atoms with van der Waals surface area (Å²) in [6.45, 7) is 1.81. The van der Waals surface area contributed by atoms with Gasteiger partial charge in [0.15, 0.2) is 0 Å². The molecular weight excluding hydrogens is 207 g/mol. The monoisotopic (exact) mass is 219 g/mol. The minimum atomic E-state index is 0.833. The zero-order chi connectivity index (χ0) is 8.10. The van der Waals surface area contributed by atoms with Crippen LogP contribution in [-0.4, -0.2) is 44.6 Å². The van der Waals surface area contributed by atoms with Crippen LogP contribution in [0.25, 0.3) is 0 Å². The molecule has 1 aromatic rings. The van der Waals surface area contributed by atoms with Crippen molar-refractivity contribution in [3.63, 3.8) is 0 Å². The molecule has 1 rings (SSSR count). The number of nitrogens with one attached hydrogen (secondary N) is 1. The van der Waals surface area contributed by atoms with Crippen LogP contribution in [0.1, 0.15) is 5.69 Å². The summed E-state index contributed by atoms with van der Waals surface area (Å²) in [4.78, 5) is 0. The Labute approximate surface area is 74.2 Å². The maximum atomic E-state index is 3.94. The Morgan fingerprint density at radius 3 is 3.09 bits per heavy atom. The van der Waals surface area contributed by atoms with Crippen LogP contribution in [0.5, 0.6) is 0 Å². The van der Waals surface area contributed by atoms with Crippen LogP contribution in [0.2, 0.25) is 0 Å². The quantitative estimate of drug-likeness (QED) is 0.670. The van der Waals surface area contributed by atoms with Crippen molar-refractivity contribution in [3.05, 3.63) is 11.9 Å². The van der Waals surface area contributed by atoms with E-state index in [1.54, 1.807) is 0 Å². The molecule has 1 N–H and O–H groups in total. The molecule has 0 aromatic carbocycles. The zero-order valence-corrected chi connectivity index (χ0v) is 8.16. The van der Waals surface area contributed by atoms with E-state index in [0.717, 1.165) is 24.1 Å². The Morgan fingerprint density at radius 1 is 1.73 bits per heavy atom. The van der Waals surface area contributed by atoms with Crippen molar-refractivity contribution < 1.29 is 0 Å². The minimum absolute atomic E-state index is 0.833. The molecule has 0 spiro atoms. The molecule has 0 aliphatic heterocycles. The second-order valence-corrected chi connectivity index (χ2v) is 2.83. The number of rotatable bonds is 4. The van der Waals surface area contributed by atoms with Gasteiger partial charge in [0.25, 0.3) is 0 Å². The fraction of sp³-hybridized carbons (Fsp3) is 0.667. The average molecular weight is 218 g/mol. The molecule has 0 atom stereocenters.